The third kappa shape index (κ3) is 10.1. The lowest BCUT2D eigenvalue weighted by molar-refractivity contribution is 0.0998. The van der Waals surface area contributed by atoms with Gasteiger partial charge in [0, 0.05) is 38.9 Å². The number of rotatable bonds is 8. The molecule has 0 atom stereocenters. The summed E-state index contributed by atoms with van der Waals surface area (Å²) in [5, 5.41) is 0. The first kappa shape index (κ1) is 36.9. The van der Waals surface area contributed by atoms with Crippen molar-refractivity contribution in [3.63, 3.8) is 0 Å². The van der Waals surface area contributed by atoms with Gasteiger partial charge in [-0.15, -0.1) is 0 Å². The average molecular weight is 631 g/mol. The monoisotopic (exact) mass is 630 g/mol. The largest absolute Gasteiger partial charge is 0.493 e. The molecule has 46 heavy (non-hydrogen) atoms. The zero-order valence-corrected chi connectivity index (χ0v) is 27.0. The van der Waals surface area contributed by atoms with Crippen LogP contribution in [0.3, 0.4) is 0 Å². The Balaban J connectivity index is 0.000000252. The Morgan fingerprint density at radius 1 is 0.457 bits per heavy atom. The molecule has 7 nitrogen and oxygen atoms in total. The van der Waals surface area contributed by atoms with E-state index in [2.05, 4.69) is 0 Å². The van der Waals surface area contributed by atoms with Crippen molar-refractivity contribution < 1.29 is 42.2 Å². The van der Waals surface area contributed by atoms with E-state index in [0.717, 1.165) is 23.6 Å². The van der Waals surface area contributed by atoms with Crippen LogP contribution in [0, 0.1) is 18.6 Å². The molecule has 0 bridgehead atoms. The van der Waals surface area contributed by atoms with E-state index in [0.29, 0.717) is 16.7 Å². The summed E-state index contributed by atoms with van der Waals surface area (Å²) in [5.41, 5.74) is 2.93. The highest BCUT2D eigenvalue weighted by Gasteiger charge is 2.14. The molecule has 0 amide bonds. The summed E-state index contributed by atoms with van der Waals surface area (Å²) >= 11 is 0. The van der Waals surface area contributed by atoms with Gasteiger partial charge in [-0.1, -0.05) is 30.3 Å². The van der Waals surface area contributed by atoms with Crippen LogP contribution in [0.2, 0.25) is 0 Å². The van der Waals surface area contributed by atoms with E-state index in [1.165, 1.54) is 82.6 Å². The molecule has 4 rings (SSSR count). The second-order valence-electron chi connectivity index (χ2n) is 10.3. The van der Waals surface area contributed by atoms with Crippen molar-refractivity contribution in [1.29, 1.82) is 0 Å². The van der Waals surface area contributed by atoms with Gasteiger partial charge < -0.3 is 9.47 Å². The van der Waals surface area contributed by atoms with Crippen molar-refractivity contribution in [2.75, 3.05) is 14.2 Å². The number of hydrogen-bond donors (Lipinski definition) is 0. The summed E-state index contributed by atoms with van der Waals surface area (Å²) in [6, 6.07) is 18.1. The van der Waals surface area contributed by atoms with Crippen LogP contribution in [0.1, 0.15) is 92.0 Å². The number of halogens is 2. The number of aryl methyl sites for hydroxylation is 1. The van der Waals surface area contributed by atoms with Crippen molar-refractivity contribution >= 4 is 28.9 Å². The molecule has 0 aliphatic heterocycles. The van der Waals surface area contributed by atoms with Crippen molar-refractivity contribution in [2.45, 2.75) is 41.5 Å². The molecule has 0 heterocycles. The molecule has 0 aliphatic rings. The van der Waals surface area contributed by atoms with Crippen molar-refractivity contribution in [3.8, 4) is 22.6 Å². The van der Waals surface area contributed by atoms with Crippen LogP contribution in [0.4, 0.5) is 8.78 Å². The van der Waals surface area contributed by atoms with Crippen LogP contribution in [0.25, 0.3) is 11.1 Å². The molecule has 0 spiro atoms. The van der Waals surface area contributed by atoms with E-state index in [1.54, 1.807) is 14.2 Å². The van der Waals surface area contributed by atoms with E-state index in [4.69, 9.17) is 9.47 Å². The Labute approximate surface area is 267 Å². The topological polar surface area (TPSA) is 104 Å². The van der Waals surface area contributed by atoms with Gasteiger partial charge in [-0.05, 0) is 89.6 Å². The Kier molecular flexibility index (Phi) is 13.4. The number of carbonyl (C=O) groups excluding carboxylic acids is 5. The number of Topliss-reactive ketones (excluding diaryl/α,β-unsaturated/α-hetero) is 5. The Bertz CT molecular complexity index is 1650. The van der Waals surface area contributed by atoms with Gasteiger partial charge in [-0.3, -0.25) is 24.0 Å². The molecule has 0 saturated carbocycles. The Morgan fingerprint density at radius 2 is 0.804 bits per heavy atom. The molecule has 9 heteroatoms. The molecule has 240 valence electrons. The fourth-order valence-electron chi connectivity index (χ4n) is 4.09. The summed E-state index contributed by atoms with van der Waals surface area (Å²) in [7, 11) is 3.27. The van der Waals surface area contributed by atoms with Crippen molar-refractivity contribution in [1.82, 2.24) is 0 Å². The molecule has 0 aromatic heterocycles. The molecule has 0 radical (unpaired) electrons. The maximum Gasteiger partial charge on any atom is 0.160 e. The molecule has 0 aliphatic carbocycles. The molecule has 0 saturated heterocycles. The van der Waals surface area contributed by atoms with Gasteiger partial charge in [-0.2, -0.15) is 0 Å². The predicted octanol–water partition coefficient (Wildman–Crippen LogP) is 8.34. The second-order valence-corrected chi connectivity index (χ2v) is 10.3. The van der Waals surface area contributed by atoms with Crippen LogP contribution in [0.15, 0.2) is 72.8 Å². The number of hydrogen-bond acceptors (Lipinski definition) is 7. The quantitative estimate of drug-likeness (QED) is 0.180. The highest BCUT2D eigenvalue weighted by Crippen LogP contribution is 2.28. The highest BCUT2D eigenvalue weighted by atomic mass is 19.1. The molecular weight excluding hydrogens is 594 g/mol. The molecule has 4 aromatic carbocycles. The first-order valence-electron chi connectivity index (χ1n) is 14.1. The summed E-state index contributed by atoms with van der Waals surface area (Å²) < 4.78 is 38.1. The summed E-state index contributed by atoms with van der Waals surface area (Å²) in [6.07, 6.45) is 0. The maximum atomic E-state index is 13.9. The highest BCUT2D eigenvalue weighted by molar-refractivity contribution is 6.04. The minimum Gasteiger partial charge on any atom is -0.493 e. The van der Waals surface area contributed by atoms with Crippen LogP contribution >= 0.6 is 0 Å². The SMILES string of the molecule is CC(=O)c1cc(C(C)=O)cc(C(C)=O)c1.CC(=O)c1ccc(-c2ccc(C(C)=O)cc2F)c(F)c1.COc1ccc(C)cc1OC. The summed E-state index contributed by atoms with van der Waals surface area (Å²) in [4.78, 5) is 55.8. The fraction of sp³-hybridized carbons (Fsp3) is 0.216. The number of ketones is 5. The summed E-state index contributed by atoms with van der Waals surface area (Å²) in [6.45, 7) is 8.89. The molecule has 0 N–H and O–H groups in total. The van der Waals surface area contributed by atoms with Gasteiger partial charge in [-0.25, -0.2) is 8.78 Å². The minimum atomic E-state index is -0.674. The number of benzene rings is 4. The van der Waals surface area contributed by atoms with Crippen molar-refractivity contribution in [2.24, 2.45) is 0 Å². The Hall–Kier alpha value is -5.31. The average Bonchev–Trinajstić information content (AvgIpc) is 3.01. The smallest absolute Gasteiger partial charge is 0.160 e. The third-order valence-electron chi connectivity index (χ3n) is 6.73. The van der Waals surface area contributed by atoms with Gasteiger partial charge in [0.15, 0.2) is 40.4 Å². The van der Waals surface area contributed by atoms with Gasteiger partial charge in [0.2, 0.25) is 0 Å². The summed E-state index contributed by atoms with van der Waals surface area (Å²) in [5.74, 6) is -0.766. The van der Waals surface area contributed by atoms with Crippen molar-refractivity contribution in [3.05, 3.63) is 118 Å². The standard InChI is InChI=1S/C16H12F2O2.C12H12O3.C9H12O2/c1-9(19)11-3-5-13(15(17)7-11)14-6-4-12(10(2)20)8-16(14)18;1-7(13)10-4-11(8(2)14)6-12(5-10)9(3)15;1-7-4-5-8(10-2)9(6-7)11-3/h3-8H,1-2H3;4-6H,1-3H3;4-6H,1-3H3. The second kappa shape index (κ2) is 16.7. The van der Waals surface area contributed by atoms with Crippen LogP contribution in [-0.4, -0.2) is 43.1 Å². The number of carbonyl (C=O) groups is 5. The van der Waals surface area contributed by atoms with Gasteiger partial charge in [0.25, 0.3) is 0 Å². The van der Waals surface area contributed by atoms with Gasteiger partial charge >= 0.3 is 0 Å². The predicted molar refractivity (Wildman–Crippen MR) is 173 cm³/mol. The molecule has 0 unspecified atom stereocenters. The lowest BCUT2D eigenvalue weighted by Gasteiger charge is -2.07. The maximum absolute atomic E-state index is 13.9. The molecule has 0 fully saturated rings. The first-order valence-corrected chi connectivity index (χ1v) is 14.1. The number of ether oxygens (including phenoxy) is 2. The van der Waals surface area contributed by atoms with E-state index in [9.17, 15) is 32.8 Å². The zero-order valence-electron chi connectivity index (χ0n) is 27.0. The fourth-order valence-corrected chi connectivity index (χ4v) is 4.09. The van der Waals surface area contributed by atoms with Crippen LogP contribution in [0.5, 0.6) is 11.5 Å². The number of methoxy groups -OCH3 is 2. The zero-order chi connectivity index (χ0) is 34.7. The van der Waals surface area contributed by atoms with Crippen LogP contribution < -0.4 is 9.47 Å². The Morgan fingerprint density at radius 3 is 1.09 bits per heavy atom. The lowest BCUT2D eigenvalue weighted by atomic mass is 9.99. The molecule has 4 aromatic rings. The van der Waals surface area contributed by atoms with Crippen LogP contribution in [-0.2, 0) is 0 Å². The van der Waals surface area contributed by atoms with Gasteiger partial charge in [0.05, 0.1) is 14.2 Å². The normalized spacial score (nSPS) is 9.96. The lowest BCUT2D eigenvalue weighted by Crippen LogP contribution is -2.03. The third-order valence-corrected chi connectivity index (χ3v) is 6.73. The minimum absolute atomic E-state index is 0.0580. The van der Waals surface area contributed by atoms with Gasteiger partial charge in [0.1, 0.15) is 11.6 Å². The molecular formula is C37H36F2O7. The van der Waals surface area contributed by atoms with E-state index in [1.807, 2.05) is 25.1 Å². The first-order chi connectivity index (χ1) is 21.6. The van der Waals surface area contributed by atoms with E-state index in [-0.39, 0.29) is 51.2 Å². The van der Waals surface area contributed by atoms with E-state index >= 15 is 0 Å². The van der Waals surface area contributed by atoms with E-state index < -0.39 is 11.6 Å².